The normalized spacial score (nSPS) is 15.9. The summed E-state index contributed by atoms with van der Waals surface area (Å²) in [5, 5.41) is 9.15. The second-order valence-electron chi connectivity index (χ2n) is 8.05. The molecule has 1 aliphatic heterocycles. The van der Waals surface area contributed by atoms with E-state index >= 15 is 0 Å². The lowest BCUT2D eigenvalue weighted by Gasteiger charge is -2.12. The standard InChI is InChI=1S/C29H23N3O3S/c1-21-9-5-6-11-23(21)19-30-31-29-32(20-26-15-8-16-34-26)28(33)27(36-29)18-22-10-7-14-25(17-22)35-24-12-3-2-4-13-24/h2-19H,20H2,1H3/b27-18-,30-19+,31-29-. The molecule has 6 nitrogen and oxygen atoms in total. The minimum atomic E-state index is -0.157. The highest BCUT2D eigenvalue weighted by atomic mass is 32.2. The Kier molecular flexibility index (Phi) is 7.10. The number of hydrogen-bond acceptors (Lipinski definition) is 6. The molecule has 5 rings (SSSR count). The van der Waals surface area contributed by atoms with E-state index in [4.69, 9.17) is 9.15 Å². The first-order chi connectivity index (χ1) is 17.7. The van der Waals surface area contributed by atoms with E-state index in [2.05, 4.69) is 10.2 Å². The number of hydrogen-bond donors (Lipinski definition) is 0. The molecule has 0 unspecified atom stereocenters. The summed E-state index contributed by atoms with van der Waals surface area (Å²) < 4.78 is 11.4. The van der Waals surface area contributed by atoms with E-state index in [1.807, 2.05) is 97.9 Å². The zero-order valence-corrected chi connectivity index (χ0v) is 20.4. The van der Waals surface area contributed by atoms with E-state index in [0.717, 1.165) is 22.4 Å². The van der Waals surface area contributed by atoms with Crippen LogP contribution >= 0.6 is 11.8 Å². The van der Waals surface area contributed by atoms with Crippen LogP contribution in [0.25, 0.3) is 6.08 Å². The van der Waals surface area contributed by atoms with Crippen molar-refractivity contribution < 1.29 is 13.9 Å². The first kappa shape index (κ1) is 23.4. The molecule has 7 heteroatoms. The van der Waals surface area contributed by atoms with Gasteiger partial charge in [0.15, 0.2) is 5.17 Å². The zero-order chi connectivity index (χ0) is 24.7. The average molecular weight is 494 g/mol. The lowest BCUT2D eigenvalue weighted by atomic mass is 10.1. The van der Waals surface area contributed by atoms with Crippen LogP contribution in [0.1, 0.15) is 22.5 Å². The topological polar surface area (TPSA) is 67.4 Å². The van der Waals surface area contributed by atoms with Gasteiger partial charge in [0.1, 0.15) is 17.3 Å². The lowest BCUT2D eigenvalue weighted by molar-refractivity contribution is -0.122. The van der Waals surface area contributed by atoms with Gasteiger partial charge in [0.25, 0.3) is 5.91 Å². The predicted octanol–water partition coefficient (Wildman–Crippen LogP) is 6.89. The molecule has 0 atom stereocenters. The van der Waals surface area contributed by atoms with Gasteiger partial charge >= 0.3 is 0 Å². The minimum Gasteiger partial charge on any atom is -0.467 e. The van der Waals surface area contributed by atoms with Gasteiger partial charge in [-0.2, -0.15) is 5.10 Å². The fraction of sp³-hybridized carbons (Fsp3) is 0.0690. The van der Waals surface area contributed by atoms with Crippen LogP contribution in [-0.4, -0.2) is 22.2 Å². The summed E-state index contributed by atoms with van der Waals surface area (Å²) >= 11 is 1.28. The van der Waals surface area contributed by atoms with Crippen molar-refractivity contribution in [2.24, 2.45) is 10.2 Å². The highest BCUT2D eigenvalue weighted by molar-refractivity contribution is 8.18. The van der Waals surface area contributed by atoms with Gasteiger partial charge < -0.3 is 9.15 Å². The summed E-state index contributed by atoms with van der Waals surface area (Å²) in [4.78, 5) is 15.5. The molecular weight excluding hydrogens is 470 g/mol. The van der Waals surface area contributed by atoms with Crippen molar-refractivity contribution >= 4 is 35.1 Å². The van der Waals surface area contributed by atoms with Crippen molar-refractivity contribution in [2.75, 3.05) is 0 Å². The summed E-state index contributed by atoms with van der Waals surface area (Å²) in [7, 11) is 0. The predicted molar refractivity (Wildman–Crippen MR) is 144 cm³/mol. The van der Waals surface area contributed by atoms with Crippen LogP contribution in [0.4, 0.5) is 0 Å². The third-order valence-electron chi connectivity index (χ3n) is 5.45. The van der Waals surface area contributed by atoms with Crippen LogP contribution in [-0.2, 0) is 11.3 Å². The molecule has 1 saturated heterocycles. The number of aryl methyl sites for hydroxylation is 1. The molecule has 0 N–H and O–H groups in total. The van der Waals surface area contributed by atoms with Crippen LogP contribution in [0.2, 0.25) is 0 Å². The summed E-state index contributed by atoms with van der Waals surface area (Å²) in [5.74, 6) is 1.95. The van der Waals surface area contributed by atoms with Crippen LogP contribution in [0, 0.1) is 6.92 Å². The number of furan rings is 1. The summed E-state index contributed by atoms with van der Waals surface area (Å²) in [6.45, 7) is 2.29. The van der Waals surface area contributed by atoms with Crippen LogP contribution in [0.5, 0.6) is 11.5 Å². The number of benzene rings is 3. The van der Waals surface area contributed by atoms with E-state index in [-0.39, 0.29) is 12.5 Å². The summed E-state index contributed by atoms with van der Waals surface area (Å²) in [6, 6.07) is 28.7. The van der Waals surface area contributed by atoms with E-state index in [1.54, 1.807) is 23.4 Å². The fourth-order valence-electron chi connectivity index (χ4n) is 3.60. The van der Waals surface area contributed by atoms with Crippen LogP contribution in [0.3, 0.4) is 0 Å². The lowest BCUT2D eigenvalue weighted by Crippen LogP contribution is -2.28. The van der Waals surface area contributed by atoms with Gasteiger partial charge in [-0.05, 0) is 77.9 Å². The van der Waals surface area contributed by atoms with E-state index < -0.39 is 0 Å². The maximum Gasteiger partial charge on any atom is 0.267 e. The van der Waals surface area contributed by atoms with Gasteiger partial charge in [0.05, 0.1) is 23.9 Å². The van der Waals surface area contributed by atoms with Gasteiger partial charge in [0.2, 0.25) is 0 Å². The molecule has 0 radical (unpaired) electrons. The van der Waals surface area contributed by atoms with Crippen molar-refractivity contribution in [3.8, 4) is 11.5 Å². The largest absolute Gasteiger partial charge is 0.467 e. The Hall–Kier alpha value is -4.36. The van der Waals surface area contributed by atoms with Crippen molar-refractivity contribution in [3.05, 3.63) is 125 Å². The number of thioether (sulfide) groups is 1. The molecule has 36 heavy (non-hydrogen) atoms. The van der Waals surface area contributed by atoms with Gasteiger partial charge in [-0.1, -0.05) is 54.6 Å². The molecule has 0 spiro atoms. The van der Waals surface area contributed by atoms with Crippen LogP contribution in [0.15, 0.2) is 117 Å². The molecular formula is C29H23N3O3S. The Morgan fingerprint density at radius 3 is 2.56 bits per heavy atom. The number of amides is 1. The average Bonchev–Trinajstić information content (AvgIpc) is 3.50. The molecule has 0 aliphatic carbocycles. The van der Waals surface area contributed by atoms with Crippen molar-refractivity contribution in [3.63, 3.8) is 0 Å². The SMILES string of the molecule is Cc1ccccc1/C=N/N=C1\S/C(=C\c2cccc(Oc3ccccc3)c2)C(=O)N1Cc1ccco1. The van der Waals surface area contributed by atoms with Gasteiger partial charge in [-0.25, -0.2) is 0 Å². The molecule has 1 aliphatic rings. The van der Waals surface area contributed by atoms with Gasteiger partial charge in [-0.15, -0.1) is 5.10 Å². The minimum absolute atomic E-state index is 0.157. The third-order valence-corrected chi connectivity index (χ3v) is 6.44. The monoisotopic (exact) mass is 493 g/mol. The number of ether oxygens (including phenoxy) is 1. The Bertz CT molecular complexity index is 1440. The van der Waals surface area contributed by atoms with E-state index in [9.17, 15) is 4.79 Å². The first-order valence-electron chi connectivity index (χ1n) is 11.4. The van der Waals surface area contributed by atoms with E-state index in [0.29, 0.717) is 21.6 Å². The smallest absolute Gasteiger partial charge is 0.267 e. The number of carbonyl (C=O) groups is 1. The highest BCUT2D eigenvalue weighted by Crippen LogP contribution is 2.34. The third kappa shape index (κ3) is 5.64. The molecule has 1 aromatic heterocycles. The molecule has 4 aromatic rings. The summed E-state index contributed by atoms with van der Waals surface area (Å²) in [5.41, 5.74) is 2.92. The number of nitrogens with zero attached hydrogens (tertiary/aromatic N) is 3. The Morgan fingerprint density at radius 2 is 1.75 bits per heavy atom. The summed E-state index contributed by atoms with van der Waals surface area (Å²) in [6.07, 6.45) is 5.13. The molecule has 1 fully saturated rings. The van der Waals surface area contributed by atoms with Crippen molar-refractivity contribution in [1.82, 2.24) is 4.90 Å². The van der Waals surface area contributed by atoms with Crippen LogP contribution < -0.4 is 4.74 Å². The number of rotatable bonds is 7. The molecule has 1 amide bonds. The maximum atomic E-state index is 13.3. The second-order valence-corrected chi connectivity index (χ2v) is 9.06. The zero-order valence-electron chi connectivity index (χ0n) is 19.6. The van der Waals surface area contributed by atoms with Gasteiger partial charge in [0, 0.05) is 0 Å². The number of para-hydroxylation sites is 1. The Labute approximate surface area is 213 Å². The Balaban J connectivity index is 1.41. The molecule has 2 heterocycles. The molecule has 3 aromatic carbocycles. The fourth-order valence-corrected chi connectivity index (χ4v) is 4.53. The number of carbonyl (C=O) groups excluding carboxylic acids is 1. The van der Waals surface area contributed by atoms with Gasteiger partial charge in [-0.3, -0.25) is 9.69 Å². The maximum absolute atomic E-state index is 13.3. The van der Waals surface area contributed by atoms with Crippen molar-refractivity contribution in [1.29, 1.82) is 0 Å². The first-order valence-corrected chi connectivity index (χ1v) is 12.2. The Morgan fingerprint density at radius 1 is 0.944 bits per heavy atom. The molecule has 0 bridgehead atoms. The number of amidine groups is 1. The van der Waals surface area contributed by atoms with Crippen molar-refractivity contribution in [2.45, 2.75) is 13.5 Å². The second kappa shape index (κ2) is 10.9. The van der Waals surface area contributed by atoms with E-state index in [1.165, 1.54) is 11.8 Å². The molecule has 178 valence electrons. The highest BCUT2D eigenvalue weighted by Gasteiger charge is 2.34. The molecule has 0 saturated carbocycles. The quantitative estimate of drug-likeness (QED) is 0.160.